The van der Waals surface area contributed by atoms with E-state index >= 15 is 0 Å². The van der Waals surface area contributed by atoms with Gasteiger partial charge < -0.3 is 4.90 Å². The van der Waals surface area contributed by atoms with Crippen molar-refractivity contribution in [2.24, 2.45) is 5.92 Å². The average Bonchev–Trinajstić information content (AvgIpc) is 3.15. The maximum atomic E-state index is 10.8. The second kappa shape index (κ2) is 5.55. The van der Waals surface area contributed by atoms with Crippen LogP contribution in [0, 0.1) is 12.8 Å². The van der Waals surface area contributed by atoms with Gasteiger partial charge in [0, 0.05) is 23.8 Å². The first-order valence-electron chi connectivity index (χ1n) is 6.94. The fourth-order valence-corrected chi connectivity index (χ4v) is 2.36. The van der Waals surface area contributed by atoms with E-state index in [9.17, 15) is 4.79 Å². The van der Waals surface area contributed by atoms with E-state index in [1.807, 2.05) is 12.1 Å². The summed E-state index contributed by atoms with van der Waals surface area (Å²) in [6, 6.07) is 6.76. The maximum Gasteiger partial charge on any atom is 0.150 e. The molecule has 0 heterocycles. The van der Waals surface area contributed by atoms with Gasteiger partial charge in [0.05, 0.1) is 0 Å². The van der Waals surface area contributed by atoms with Crippen LogP contribution in [0.25, 0.3) is 0 Å². The molecule has 0 amide bonds. The smallest absolute Gasteiger partial charge is 0.150 e. The summed E-state index contributed by atoms with van der Waals surface area (Å²) in [6.45, 7) is 7.78. The molecule has 0 atom stereocenters. The zero-order valence-corrected chi connectivity index (χ0v) is 11.6. The van der Waals surface area contributed by atoms with Gasteiger partial charge in [-0.05, 0) is 55.9 Å². The van der Waals surface area contributed by atoms with Crippen LogP contribution in [0.5, 0.6) is 0 Å². The van der Waals surface area contributed by atoms with Gasteiger partial charge in [0.1, 0.15) is 6.29 Å². The van der Waals surface area contributed by atoms with Gasteiger partial charge in [0.2, 0.25) is 0 Å². The minimum absolute atomic E-state index is 0.726. The third kappa shape index (κ3) is 3.12. The number of aryl methyl sites for hydroxylation is 1. The lowest BCUT2D eigenvalue weighted by Crippen LogP contribution is -2.28. The maximum absolute atomic E-state index is 10.8. The van der Waals surface area contributed by atoms with Gasteiger partial charge in [-0.1, -0.05) is 13.8 Å². The lowest BCUT2D eigenvalue weighted by atomic mass is 10.1. The SMILES string of the molecule is Cc1cc(C=O)ccc1N(CCC(C)C)C1CC1. The lowest BCUT2D eigenvalue weighted by Gasteiger charge is -2.27. The predicted molar refractivity (Wildman–Crippen MR) is 76.4 cm³/mol. The van der Waals surface area contributed by atoms with Crippen molar-refractivity contribution in [2.45, 2.75) is 46.1 Å². The van der Waals surface area contributed by atoms with E-state index in [4.69, 9.17) is 0 Å². The number of nitrogens with zero attached hydrogens (tertiary/aromatic N) is 1. The van der Waals surface area contributed by atoms with Gasteiger partial charge in [0.15, 0.2) is 0 Å². The number of hydrogen-bond donors (Lipinski definition) is 0. The highest BCUT2D eigenvalue weighted by molar-refractivity contribution is 5.77. The van der Waals surface area contributed by atoms with Gasteiger partial charge in [-0.2, -0.15) is 0 Å². The Morgan fingerprint density at radius 1 is 1.39 bits per heavy atom. The Kier molecular flexibility index (Phi) is 4.05. The molecule has 0 unspecified atom stereocenters. The summed E-state index contributed by atoms with van der Waals surface area (Å²) in [5.41, 5.74) is 3.30. The van der Waals surface area contributed by atoms with Crippen molar-refractivity contribution in [3.05, 3.63) is 29.3 Å². The predicted octanol–water partition coefficient (Wildman–Crippen LogP) is 3.82. The molecule has 0 saturated heterocycles. The molecule has 1 fully saturated rings. The highest BCUT2D eigenvalue weighted by Crippen LogP contribution is 2.34. The quantitative estimate of drug-likeness (QED) is 0.710. The molecule has 1 aromatic carbocycles. The minimum Gasteiger partial charge on any atom is -0.368 e. The Morgan fingerprint density at radius 3 is 2.61 bits per heavy atom. The third-order valence-corrected chi connectivity index (χ3v) is 3.60. The van der Waals surface area contributed by atoms with E-state index in [1.54, 1.807) is 0 Å². The van der Waals surface area contributed by atoms with Gasteiger partial charge in [-0.25, -0.2) is 0 Å². The average molecular weight is 245 g/mol. The summed E-state index contributed by atoms with van der Waals surface area (Å²) < 4.78 is 0. The van der Waals surface area contributed by atoms with Crippen LogP contribution < -0.4 is 4.90 Å². The number of rotatable bonds is 6. The highest BCUT2D eigenvalue weighted by atomic mass is 16.1. The van der Waals surface area contributed by atoms with Gasteiger partial charge in [-0.15, -0.1) is 0 Å². The summed E-state index contributed by atoms with van der Waals surface area (Å²) in [4.78, 5) is 13.3. The van der Waals surface area contributed by atoms with Crippen LogP contribution in [-0.2, 0) is 0 Å². The zero-order valence-electron chi connectivity index (χ0n) is 11.6. The number of carbonyl (C=O) groups excluding carboxylic acids is 1. The molecule has 0 aliphatic heterocycles. The first kappa shape index (κ1) is 13.1. The topological polar surface area (TPSA) is 20.3 Å². The molecule has 0 aromatic heterocycles. The van der Waals surface area contributed by atoms with Crippen molar-refractivity contribution >= 4 is 12.0 Å². The number of aldehydes is 1. The van der Waals surface area contributed by atoms with Crippen LogP contribution in [0.2, 0.25) is 0 Å². The Morgan fingerprint density at radius 2 is 2.11 bits per heavy atom. The standard InChI is InChI=1S/C16H23NO/c1-12(2)8-9-17(15-5-6-15)16-7-4-14(11-18)10-13(16)3/h4,7,10-12,15H,5-6,8-9H2,1-3H3. The Labute approximate surface area is 110 Å². The van der Waals surface area contributed by atoms with Crippen molar-refractivity contribution in [1.29, 1.82) is 0 Å². The Bertz CT molecular complexity index is 421. The first-order chi connectivity index (χ1) is 8.61. The largest absolute Gasteiger partial charge is 0.368 e. The second-order valence-corrected chi connectivity index (χ2v) is 5.77. The third-order valence-electron chi connectivity index (χ3n) is 3.60. The molecule has 1 aliphatic carbocycles. The molecule has 98 valence electrons. The molecule has 0 spiro atoms. The van der Waals surface area contributed by atoms with Crippen molar-refractivity contribution in [1.82, 2.24) is 0 Å². The highest BCUT2D eigenvalue weighted by Gasteiger charge is 2.29. The number of carbonyl (C=O) groups is 1. The lowest BCUT2D eigenvalue weighted by molar-refractivity contribution is 0.112. The number of anilines is 1. The van der Waals surface area contributed by atoms with Crippen molar-refractivity contribution in [2.75, 3.05) is 11.4 Å². The molecule has 0 radical (unpaired) electrons. The van der Waals surface area contributed by atoms with Crippen molar-refractivity contribution in [3.63, 3.8) is 0 Å². The summed E-state index contributed by atoms with van der Waals surface area (Å²) in [5.74, 6) is 0.737. The van der Waals surface area contributed by atoms with Crippen molar-refractivity contribution < 1.29 is 4.79 Å². The zero-order chi connectivity index (χ0) is 13.1. The Hall–Kier alpha value is -1.31. The van der Waals surface area contributed by atoms with Crippen LogP contribution in [0.15, 0.2) is 18.2 Å². The van der Waals surface area contributed by atoms with Gasteiger partial charge in [0.25, 0.3) is 0 Å². The van der Waals surface area contributed by atoms with Crippen molar-refractivity contribution in [3.8, 4) is 0 Å². The van der Waals surface area contributed by atoms with E-state index in [0.29, 0.717) is 0 Å². The van der Waals surface area contributed by atoms with E-state index in [0.717, 1.165) is 30.4 Å². The first-order valence-corrected chi connectivity index (χ1v) is 6.94. The van der Waals surface area contributed by atoms with E-state index in [1.165, 1.54) is 30.5 Å². The molecule has 1 saturated carbocycles. The summed E-state index contributed by atoms with van der Waals surface area (Å²) in [6.07, 6.45) is 4.78. The Balaban J connectivity index is 2.17. The van der Waals surface area contributed by atoms with E-state index in [2.05, 4.69) is 31.7 Å². The van der Waals surface area contributed by atoms with Gasteiger partial charge >= 0.3 is 0 Å². The molecule has 1 aliphatic rings. The monoisotopic (exact) mass is 245 g/mol. The molecule has 18 heavy (non-hydrogen) atoms. The molecule has 2 rings (SSSR count). The van der Waals surface area contributed by atoms with E-state index in [-0.39, 0.29) is 0 Å². The molecular formula is C16H23NO. The fraction of sp³-hybridized carbons (Fsp3) is 0.562. The molecule has 2 nitrogen and oxygen atoms in total. The number of benzene rings is 1. The van der Waals surface area contributed by atoms with Crippen LogP contribution in [0.3, 0.4) is 0 Å². The minimum atomic E-state index is 0.726. The fourth-order valence-electron chi connectivity index (χ4n) is 2.36. The normalized spacial score (nSPS) is 14.9. The molecule has 0 N–H and O–H groups in total. The van der Waals surface area contributed by atoms with Crippen LogP contribution >= 0.6 is 0 Å². The molecule has 2 heteroatoms. The van der Waals surface area contributed by atoms with Crippen LogP contribution in [0.1, 0.15) is 49.0 Å². The summed E-state index contributed by atoms with van der Waals surface area (Å²) in [7, 11) is 0. The molecular weight excluding hydrogens is 222 g/mol. The second-order valence-electron chi connectivity index (χ2n) is 5.77. The molecule has 0 bridgehead atoms. The number of hydrogen-bond acceptors (Lipinski definition) is 2. The van der Waals surface area contributed by atoms with Crippen LogP contribution in [0.4, 0.5) is 5.69 Å². The summed E-state index contributed by atoms with van der Waals surface area (Å²) in [5, 5.41) is 0. The van der Waals surface area contributed by atoms with Crippen LogP contribution in [-0.4, -0.2) is 18.9 Å². The molecule has 1 aromatic rings. The summed E-state index contributed by atoms with van der Waals surface area (Å²) >= 11 is 0. The van der Waals surface area contributed by atoms with Gasteiger partial charge in [-0.3, -0.25) is 4.79 Å². The van der Waals surface area contributed by atoms with E-state index < -0.39 is 0 Å².